The van der Waals surface area contributed by atoms with E-state index in [0.717, 1.165) is 0 Å². The van der Waals surface area contributed by atoms with Crippen LogP contribution in [0.3, 0.4) is 0 Å². The second kappa shape index (κ2) is 12.1. The Bertz CT molecular complexity index is 345. The quantitative estimate of drug-likeness (QED) is 0.383. The van der Waals surface area contributed by atoms with Gasteiger partial charge in [0, 0.05) is 0 Å². The van der Waals surface area contributed by atoms with Gasteiger partial charge in [0.05, 0.1) is 6.67 Å². The second-order valence-electron chi connectivity index (χ2n) is 4.35. The fourth-order valence-corrected chi connectivity index (χ4v) is 1.87. The van der Waals surface area contributed by atoms with E-state index < -0.39 is 53.7 Å². The molecule has 0 spiro atoms. The average molecular weight is 343 g/mol. The lowest BCUT2D eigenvalue weighted by molar-refractivity contribution is 0.0353. The van der Waals surface area contributed by atoms with E-state index in [2.05, 4.69) is 5.32 Å². The molecule has 0 saturated carbocycles. The zero-order chi connectivity index (χ0) is 17.1. The van der Waals surface area contributed by atoms with E-state index >= 15 is 0 Å². The zero-order valence-corrected chi connectivity index (χ0v) is 12.7. The molecule has 10 heteroatoms. The molecular weight excluding hydrogens is 321 g/mol. The summed E-state index contributed by atoms with van der Waals surface area (Å²) in [6, 6.07) is 0. The SMILES string of the molecule is CNC.O=S(=O)(O)CC(F)C(F)C(F)C(F)CCCCF. The molecule has 130 valence electrons. The molecule has 0 aromatic rings. The van der Waals surface area contributed by atoms with Crippen molar-refractivity contribution >= 4 is 10.1 Å². The Morgan fingerprint density at radius 1 is 1.00 bits per heavy atom. The lowest BCUT2D eigenvalue weighted by atomic mass is 10.0. The maximum absolute atomic E-state index is 13.1. The van der Waals surface area contributed by atoms with Crippen molar-refractivity contribution in [1.82, 2.24) is 5.32 Å². The normalized spacial score (nSPS) is 17.3. The van der Waals surface area contributed by atoms with E-state index in [9.17, 15) is 30.4 Å². The van der Waals surface area contributed by atoms with E-state index in [1.807, 2.05) is 14.1 Å². The highest BCUT2D eigenvalue weighted by Gasteiger charge is 2.37. The topological polar surface area (TPSA) is 66.4 Å². The molecule has 4 unspecified atom stereocenters. The first kappa shape index (κ1) is 22.8. The van der Waals surface area contributed by atoms with Crippen molar-refractivity contribution in [2.75, 3.05) is 26.5 Å². The number of unbranched alkanes of at least 4 members (excludes halogenated alkanes) is 1. The van der Waals surface area contributed by atoms with Gasteiger partial charge in [0.1, 0.15) is 11.9 Å². The van der Waals surface area contributed by atoms with Crippen molar-refractivity contribution in [3.63, 3.8) is 0 Å². The molecule has 0 aliphatic heterocycles. The third kappa shape index (κ3) is 12.9. The summed E-state index contributed by atoms with van der Waals surface area (Å²) in [5.74, 6) is -1.63. The van der Waals surface area contributed by atoms with Crippen LogP contribution < -0.4 is 5.32 Å². The molecule has 0 aromatic carbocycles. The molecule has 4 atom stereocenters. The molecule has 0 bridgehead atoms. The van der Waals surface area contributed by atoms with E-state index in [0.29, 0.717) is 0 Å². The molecule has 0 radical (unpaired) electrons. The first-order valence-electron chi connectivity index (χ1n) is 6.26. The number of nitrogens with one attached hydrogen (secondary N) is 1. The summed E-state index contributed by atoms with van der Waals surface area (Å²) in [5.41, 5.74) is 0. The summed E-state index contributed by atoms with van der Waals surface area (Å²) in [6.07, 6.45) is -11.6. The maximum atomic E-state index is 13.1. The molecule has 0 aliphatic rings. The number of rotatable bonds is 9. The van der Waals surface area contributed by atoms with Crippen LogP contribution in [0.4, 0.5) is 22.0 Å². The van der Waals surface area contributed by atoms with Gasteiger partial charge in [0.15, 0.2) is 18.5 Å². The summed E-state index contributed by atoms with van der Waals surface area (Å²) < 4.78 is 92.5. The van der Waals surface area contributed by atoms with Crippen LogP contribution in [0.1, 0.15) is 19.3 Å². The summed E-state index contributed by atoms with van der Waals surface area (Å²) >= 11 is 0. The Kier molecular flexibility index (Phi) is 13.1. The Labute approximate surface area is 121 Å². The highest BCUT2D eigenvalue weighted by molar-refractivity contribution is 7.85. The smallest absolute Gasteiger partial charge is 0.267 e. The molecule has 0 heterocycles. The summed E-state index contributed by atoms with van der Waals surface area (Å²) in [5, 5.41) is 2.75. The number of hydrogen-bond donors (Lipinski definition) is 2. The van der Waals surface area contributed by atoms with Gasteiger partial charge in [-0.05, 0) is 33.4 Å². The van der Waals surface area contributed by atoms with Crippen molar-refractivity contribution in [3.05, 3.63) is 0 Å². The molecule has 4 nitrogen and oxygen atoms in total. The predicted molar refractivity (Wildman–Crippen MR) is 70.8 cm³/mol. The molecule has 0 fully saturated rings. The second-order valence-corrected chi connectivity index (χ2v) is 5.85. The number of hydrogen-bond acceptors (Lipinski definition) is 3. The summed E-state index contributed by atoms with van der Waals surface area (Å²) in [4.78, 5) is 0. The Hall–Kier alpha value is -0.480. The van der Waals surface area contributed by atoms with Crippen LogP contribution in [0.2, 0.25) is 0 Å². The van der Waals surface area contributed by atoms with Gasteiger partial charge < -0.3 is 5.32 Å². The van der Waals surface area contributed by atoms with Crippen LogP contribution in [0.25, 0.3) is 0 Å². The van der Waals surface area contributed by atoms with Crippen LogP contribution in [0.15, 0.2) is 0 Å². The van der Waals surface area contributed by atoms with Gasteiger partial charge in [-0.25, -0.2) is 17.6 Å². The standard InChI is InChI=1S/C9H15F5O3S.C2H7N/c10-4-2-1-3-6(11)8(13)9(14)7(12)5-18(15,16)17;1-3-2/h6-9H,1-5H2,(H,15,16,17);3H,1-2H3. The first-order valence-corrected chi connectivity index (χ1v) is 7.87. The Morgan fingerprint density at radius 2 is 1.43 bits per heavy atom. The van der Waals surface area contributed by atoms with Crippen LogP contribution in [-0.2, 0) is 10.1 Å². The van der Waals surface area contributed by atoms with Gasteiger partial charge in [-0.3, -0.25) is 8.94 Å². The minimum atomic E-state index is -4.80. The van der Waals surface area contributed by atoms with Gasteiger partial charge in [-0.2, -0.15) is 8.42 Å². The summed E-state index contributed by atoms with van der Waals surface area (Å²) in [6.45, 7) is -0.725. The summed E-state index contributed by atoms with van der Waals surface area (Å²) in [7, 11) is -1.05. The first-order chi connectivity index (χ1) is 9.60. The minimum absolute atomic E-state index is 0.0197. The fraction of sp³-hybridized carbons (Fsp3) is 1.00. The molecule has 0 amide bonds. The van der Waals surface area contributed by atoms with E-state index in [4.69, 9.17) is 4.55 Å². The maximum Gasteiger partial charge on any atom is 0.267 e. The molecular formula is C11H22F5NO3S. The number of halogens is 5. The Balaban J connectivity index is 0. The van der Waals surface area contributed by atoms with Gasteiger partial charge >= 0.3 is 0 Å². The van der Waals surface area contributed by atoms with Crippen molar-refractivity contribution in [2.45, 2.75) is 43.9 Å². The largest absolute Gasteiger partial charge is 0.323 e. The molecule has 0 rings (SSSR count). The van der Waals surface area contributed by atoms with Crippen molar-refractivity contribution in [1.29, 1.82) is 0 Å². The zero-order valence-electron chi connectivity index (χ0n) is 11.9. The van der Waals surface area contributed by atoms with E-state index in [1.165, 1.54) is 0 Å². The lowest BCUT2D eigenvalue weighted by Crippen LogP contribution is -2.38. The lowest BCUT2D eigenvalue weighted by Gasteiger charge is -2.19. The minimum Gasteiger partial charge on any atom is -0.323 e. The van der Waals surface area contributed by atoms with Crippen molar-refractivity contribution < 1.29 is 34.9 Å². The third-order valence-electron chi connectivity index (χ3n) is 2.23. The van der Waals surface area contributed by atoms with Crippen LogP contribution in [0, 0.1) is 0 Å². The van der Waals surface area contributed by atoms with Crippen LogP contribution in [0.5, 0.6) is 0 Å². The monoisotopic (exact) mass is 343 g/mol. The Morgan fingerprint density at radius 3 is 1.81 bits per heavy atom. The fourth-order valence-electron chi connectivity index (χ4n) is 1.29. The number of alkyl halides is 5. The molecule has 0 aliphatic carbocycles. The van der Waals surface area contributed by atoms with E-state index in [1.54, 1.807) is 0 Å². The third-order valence-corrected chi connectivity index (χ3v) is 2.97. The van der Waals surface area contributed by atoms with Gasteiger partial charge in [0.2, 0.25) is 0 Å². The van der Waals surface area contributed by atoms with E-state index in [-0.39, 0.29) is 12.8 Å². The highest BCUT2D eigenvalue weighted by Crippen LogP contribution is 2.21. The van der Waals surface area contributed by atoms with Gasteiger partial charge in [-0.1, -0.05) is 0 Å². The molecule has 21 heavy (non-hydrogen) atoms. The van der Waals surface area contributed by atoms with Crippen LogP contribution in [-0.4, -0.2) is 64.2 Å². The van der Waals surface area contributed by atoms with Crippen molar-refractivity contribution in [3.8, 4) is 0 Å². The van der Waals surface area contributed by atoms with Gasteiger partial charge in [0.25, 0.3) is 10.1 Å². The van der Waals surface area contributed by atoms with Gasteiger partial charge in [-0.15, -0.1) is 0 Å². The highest BCUT2D eigenvalue weighted by atomic mass is 32.2. The van der Waals surface area contributed by atoms with Crippen LogP contribution >= 0.6 is 0 Å². The molecule has 2 N–H and O–H groups in total. The molecule has 0 aromatic heterocycles. The molecule has 0 saturated heterocycles. The van der Waals surface area contributed by atoms with Crippen molar-refractivity contribution in [2.24, 2.45) is 0 Å². The predicted octanol–water partition coefficient (Wildman–Crippen LogP) is 2.20. The average Bonchev–Trinajstić information content (AvgIpc) is 2.36.